The Balaban J connectivity index is 6.43. The lowest BCUT2D eigenvalue weighted by molar-refractivity contribution is -0.443. The predicted octanol–water partition coefficient (Wildman–Crippen LogP) is 7.75. The summed E-state index contributed by atoms with van der Waals surface area (Å²) in [6.45, 7) is 2.60. The standard InChI is InChI=1S/C14H16F13I/c1-3-5-7(8(28)6-4-2)9(15,16)10(17,18)11(19,20)12(21,22)13(23,24)14(25,26)27/h7-8H,3-6H2,1-2H3/t7-,8+/m0/s1. The van der Waals surface area contributed by atoms with Crippen LogP contribution in [0.1, 0.15) is 39.5 Å². The van der Waals surface area contributed by atoms with E-state index in [1.54, 1.807) is 0 Å². The van der Waals surface area contributed by atoms with Gasteiger partial charge in [0.25, 0.3) is 0 Å². The van der Waals surface area contributed by atoms with Crippen molar-refractivity contribution >= 4 is 22.6 Å². The summed E-state index contributed by atoms with van der Waals surface area (Å²) in [6, 6.07) is 0. The van der Waals surface area contributed by atoms with Crippen LogP contribution in [0, 0.1) is 5.92 Å². The van der Waals surface area contributed by atoms with Crippen molar-refractivity contribution in [1.82, 2.24) is 0 Å². The van der Waals surface area contributed by atoms with Crippen molar-refractivity contribution in [3.63, 3.8) is 0 Å². The SMILES string of the molecule is CCC[C@@H](I)[C@H](CCC)C(F)(F)C(F)(F)C(F)(F)C(F)(F)C(F)(F)C(F)(F)F. The lowest BCUT2D eigenvalue weighted by atomic mass is 9.82. The highest BCUT2D eigenvalue weighted by atomic mass is 127. The minimum Gasteiger partial charge on any atom is -0.199 e. The van der Waals surface area contributed by atoms with E-state index in [4.69, 9.17) is 0 Å². The monoisotopic (exact) mass is 558 g/mol. The second-order valence-electron chi connectivity index (χ2n) is 6.12. The number of alkyl halides is 14. The van der Waals surface area contributed by atoms with E-state index in [-0.39, 0.29) is 19.3 Å². The largest absolute Gasteiger partial charge is 0.460 e. The van der Waals surface area contributed by atoms with Crippen molar-refractivity contribution in [3.8, 4) is 0 Å². The first kappa shape index (κ1) is 27.8. The van der Waals surface area contributed by atoms with Crippen LogP contribution in [-0.2, 0) is 0 Å². The summed E-state index contributed by atoms with van der Waals surface area (Å²) in [5.74, 6) is -39.1. The lowest BCUT2D eigenvalue weighted by Crippen LogP contribution is -2.71. The Morgan fingerprint density at radius 2 is 0.929 bits per heavy atom. The Labute approximate surface area is 165 Å². The van der Waals surface area contributed by atoms with E-state index in [1.807, 2.05) is 0 Å². The van der Waals surface area contributed by atoms with Crippen LogP contribution in [0.2, 0.25) is 0 Å². The van der Waals surface area contributed by atoms with E-state index < -0.39 is 52.1 Å². The van der Waals surface area contributed by atoms with Gasteiger partial charge >= 0.3 is 35.8 Å². The van der Waals surface area contributed by atoms with Crippen LogP contribution in [0.25, 0.3) is 0 Å². The molecule has 0 fully saturated rings. The fourth-order valence-corrected chi connectivity index (χ4v) is 3.83. The molecule has 28 heavy (non-hydrogen) atoms. The molecule has 0 unspecified atom stereocenters. The van der Waals surface area contributed by atoms with Crippen LogP contribution in [0.3, 0.4) is 0 Å². The third-order valence-electron chi connectivity index (χ3n) is 4.02. The van der Waals surface area contributed by atoms with E-state index in [0.29, 0.717) is 0 Å². The zero-order chi connectivity index (χ0) is 23.0. The molecular formula is C14H16F13I. The van der Waals surface area contributed by atoms with Crippen molar-refractivity contribution in [2.24, 2.45) is 5.92 Å². The van der Waals surface area contributed by atoms with Crippen molar-refractivity contribution in [3.05, 3.63) is 0 Å². The van der Waals surface area contributed by atoms with Crippen molar-refractivity contribution in [1.29, 1.82) is 0 Å². The normalized spacial score (nSPS) is 17.6. The van der Waals surface area contributed by atoms with Crippen LogP contribution in [-0.4, -0.2) is 39.7 Å². The maximum Gasteiger partial charge on any atom is 0.460 e. The molecule has 0 N–H and O–H groups in total. The Morgan fingerprint density at radius 3 is 1.25 bits per heavy atom. The highest BCUT2D eigenvalue weighted by Gasteiger charge is 2.91. The average molecular weight is 558 g/mol. The molecule has 0 saturated heterocycles. The Bertz CT molecular complexity index is 512. The summed E-state index contributed by atoms with van der Waals surface area (Å²) in [5.41, 5.74) is 0. The van der Waals surface area contributed by atoms with Crippen LogP contribution in [0.5, 0.6) is 0 Å². The summed E-state index contributed by atoms with van der Waals surface area (Å²) < 4.78 is 170. The van der Waals surface area contributed by atoms with E-state index in [9.17, 15) is 57.1 Å². The van der Waals surface area contributed by atoms with Gasteiger partial charge in [-0.25, -0.2) is 0 Å². The molecular weight excluding hydrogens is 542 g/mol. The zero-order valence-corrected chi connectivity index (χ0v) is 16.4. The van der Waals surface area contributed by atoms with Gasteiger partial charge in [-0.05, 0) is 12.8 Å². The van der Waals surface area contributed by atoms with Crippen molar-refractivity contribution < 1.29 is 57.1 Å². The van der Waals surface area contributed by atoms with Gasteiger partial charge < -0.3 is 0 Å². The maximum atomic E-state index is 14.2. The van der Waals surface area contributed by atoms with Gasteiger partial charge in [0.05, 0.1) is 0 Å². The molecule has 0 saturated carbocycles. The van der Waals surface area contributed by atoms with Crippen LogP contribution in [0.15, 0.2) is 0 Å². The number of halogens is 14. The molecule has 0 nitrogen and oxygen atoms in total. The van der Waals surface area contributed by atoms with Gasteiger partial charge in [0.1, 0.15) is 0 Å². The molecule has 0 aliphatic carbocycles. The molecule has 0 aromatic carbocycles. The Hall–Kier alpha value is -0.180. The molecule has 0 spiro atoms. The van der Waals surface area contributed by atoms with Gasteiger partial charge in [0.2, 0.25) is 0 Å². The van der Waals surface area contributed by atoms with Gasteiger partial charge in [0, 0.05) is 9.84 Å². The van der Waals surface area contributed by atoms with Gasteiger partial charge in [-0.2, -0.15) is 57.1 Å². The molecule has 0 rings (SSSR count). The van der Waals surface area contributed by atoms with Gasteiger partial charge in [0.15, 0.2) is 0 Å². The number of hydrogen-bond acceptors (Lipinski definition) is 0. The van der Waals surface area contributed by atoms with Gasteiger partial charge in [-0.1, -0.05) is 49.3 Å². The molecule has 0 amide bonds. The highest BCUT2D eigenvalue weighted by molar-refractivity contribution is 14.1. The second kappa shape index (κ2) is 8.52. The Kier molecular flexibility index (Phi) is 8.46. The minimum atomic E-state index is -7.84. The predicted molar refractivity (Wildman–Crippen MR) is 81.9 cm³/mol. The summed E-state index contributed by atoms with van der Waals surface area (Å²) in [5, 5.41) is 0. The zero-order valence-electron chi connectivity index (χ0n) is 14.3. The smallest absolute Gasteiger partial charge is 0.199 e. The molecule has 0 heterocycles. The third kappa shape index (κ3) is 4.30. The average Bonchev–Trinajstić information content (AvgIpc) is 2.50. The summed E-state index contributed by atoms with van der Waals surface area (Å²) in [6.07, 6.45) is -8.69. The summed E-state index contributed by atoms with van der Waals surface area (Å²) >= 11 is 1.20. The molecule has 0 aromatic heterocycles. The Morgan fingerprint density at radius 1 is 0.571 bits per heavy atom. The molecule has 0 aliphatic rings. The first-order valence-electron chi connectivity index (χ1n) is 7.78. The molecule has 14 heteroatoms. The van der Waals surface area contributed by atoms with E-state index in [0.717, 1.165) is 0 Å². The minimum absolute atomic E-state index is 0.105. The molecule has 0 bridgehead atoms. The summed E-state index contributed by atoms with van der Waals surface area (Å²) in [7, 11) is 0. The second-order valence-corrected chi connectivity index (χ2v) is 7.72. The fourth-order valence-electron chi connectivity index (χ4n) is 2.39. The van der Waals surface area contributed by atoms with Gasteiger partial charge in [-0.15, -0.1) is 0 Å². The molecule has 0 aliphatic heterocycles. The van der Waals surface area contributed by atoms with Crippen LogP contribution >= 0.6 is 22.6 Å². The number of hydrogen-bond donors (Lipinski definition) is 0. The molecule has 0 aromatic rings. The quantitative estimate of drug-likeness (QED) is 0.146. The van der Waals surface area contributed by atoms with Crippen molar-refractivity contribution in [2.45, 2.75) is 79.2 Å². The van der Waals surface area contributed by atoms with E-state index >= 15 is 0 Å². The van der Waals surface area contributed by atoms with Crippen LogP contribution in [0.4, 0.5) is 57.1 Å². The number of rotatable bonds is 10. The third-order valence-corrected chi connectivity index (χ3v) is 5.52. The van der Waals surface area contributed by atoms with Crippen molar-refractivity contribution in [2.75, 3.05) is 0 Å². The fraction of sp³-hybridized carbons (Fsp3) is 1.00. The van der Waals surface area contributed by atoms with E-state index in [2.05, 4.69) is 0 Å². The molecule has 0 radical (unpaired) electrons. The van der Waals surface area contributed by atoms with E-state index in [1.165, 1.54) is 36.4 Å². The van der Waals surface area contributed by atoms with Gasteiger partial charge in [-0.3, -0.25) is 0 Å². The highest BCUT2D eigenvalue weighted by Crippen LogP contribution is 2.62. The maximum absolute atomic E-state index is 14.2. The van der Waals surface area contributed by atoms with Crippen LogP contribution < -0.4 is 0 Å². The topological polar surface area (TPSA) is 0 Å². The summed E-state index contributed by atoms with van der Waals surface area (Å²) in [4.78, 5) is 0. The first-order chi connectivity index (χ1) is 12.2. The molecule has 2 atom stereocenters. The first-order valence-corrected chi connectivity index (χ1v) is 9.02. The lowest BCUT2D eigenvalue weighted by Gasteiger charge is -2.42. The molecule has 170 valence electrons.